The van der Waals surface area contributed by atoms with Crippen molar-refractivity contribution in [2.45, 2.75) is 103 Å². The van der Waals surface area contributed by atoms with Crippen LogP contribution in [0.3, 0.4) is 0 Å². The van der Waals surface area contributed by atoms with E-state index in [1.165, 1.54) is 20.0 Å². The number of hydrogen-bond donors (Lipinski definition) is 0. The molecule has 0 atom stereocenters. The Bertz CT molecular complexity index is 1530. The summed E-state index contributed by atoms with van der Waals surface area (Å²) in [5, 5.41) is 0. The molecular weight excluding hydrogens is 1180 g/mol. The van der Waals surface area contributed by atoms with Crippen molar-refractivity contribution in [2.24, 2.45) is 0 Å². The van der Waals surface area contributed by atoms with Crippen LogP contribution in [-0.4, -0.2) is 107 Å². The van der Waals surface area contributed by atoms with Gasteiger partial charge in [0.15, 0.2) is 0 Å². The molecule has 0 aromatic heterocycles. The van der Waals surface area contributed by atoms with E-state index < -0.39 is 100.0 Å². The van der Waals surface area contributed by atoms with Crippen LogP contribution in [-0.2, 0) is 8.87 Å². The molecule has 3 rings (SSSR count). The predicted octanol–water partition coefficient (Wildman–Crippen LogP) is 13.4. The van der Waals surface area contributed by atoms with Gasteiger partial charge in [-0.2, -0.15) is 0 Å². The van der Waals surface area contributed by atoms with E-state index in [-0.39, 0.29) is 0 Å². The van der Waals surface area contributed by atoms with E-state index in [4.69, 9.17) is 11.2 Å². The Kier molecular flexibility index (Phi) is 27.5. The van der Waals surface area contributed by atoms with Gasteiger partial charge in [0.2, 0.25) is 0 Å². The van der Waals surface area contributed by atoms with Crippen molar-refractivity contribution in [1.29, 1.82) is 0 Å². The molecule has 286 valence electrons. The zero-order valence-electron chi connectivity index (χ0n) is 37.0. The molecule has 0 unspecified atom stereocenters. The third kappa shape index (κ3) is 41.5. The molecule has 0 saturated heterocycles. The molecule has 0 bridgehead atoms. The second kappa shape index (κ2) is 26.3. The van der Waals surface area contributed by atoms with Crippen LogP contribution in [0.5, 0.6) is 5.75 Å². The maximum atomic E-state index is 5.15. The Morgan fingerprint density at radius 2 is 0.885 bits per heavy atom. The summed E-state index contributed by atoms with van der Waals surface area (Å²) < 4.78 is 17.5. The molecule has 0 fully saturated rings. The first-order valence-corrected chi connectivity index (χ1v) is 73.3. The van der Waals surface area contributed by atoms with E-state index >= 15 is 0 Å². The van der Waals surface area contributed by atoms with E-state index in [1.54, 1.807) is 7.11 Å². The molecule has 1 nitrogen and oxygen atoms in total. The van der Waals surface area contributed by atoms with Crippen LogP contribution in [0.4, 0.5) is 0 Å². The van der Waals surface area contributed by atoms with Crippen LogP contribution in [0.15, 0.2) is 84.9 Å². The van der Waals surface area contributed by atoms with Gasteiger partial charge in [0.25, 0.3) is 0 Å². The molecule has 3 aromatic rings. The van der Waals surface area contributed by atoms with Gasteiger partial charge in [0, 0.05) is 0 Å². The third-order valence-corrected chi connectivity index (χ3v) is 23.5. The van der Waals surface area contributed by atoms with Gasteiger partial charge in [-0.1, -0.05) is 0 Å². The van der Waals surface area contributed by atoms with E-state index in [1.807, 2.05) is 30.3 Å². The van der Waals surface area contributed by atoms with Crippen LogP contribution in [0, 0.1) is 29.7 Å². The van der Waals surface area contributed by atoms with Gasteiger partial charge < -0.3 is 0 Å². The van der Waals surface area contributed by atoms with E-state index in [0.29, 0.717) is 0 Å². The van der Waals surface area contributed by atoms with Gasteiger partial charge in [-0.3, -0.25) is 0 Å². The minimum absolute atomic E-state index is 0.952. The third-order valence-electron chi connectivity index (χ3n) is 6.07. The Hall–Kier alpha value is 0.350. The van der Waals surface area contributed by atoms with Gasteiger partial charge >= 0.3 is 351 Å². The van der Waals surface area contributed by atoms with Crippen molar-refractivity contribution in [3.05, 3.63) is 102 Å². The molecule has 3 aromatic carbocycles. The fourth-order valence-electron chi connectivity index (χ4n) is 3.72. The van der Waals surface area contributed by atoms with Crippen LogP contribution in [0.25, 0.3) is 0 Å². The number of benzene rings is 3. The van der Waals surface area contributed by atoms with E-state index in [0.717, 1.165) is 11.3 Å². The molecule has 0 radical (unpaired) electrons. The monoisotopic (exact) mass is 1260 g/mol. The molecule has 52 heavy (non-hydrogen) atoms. The first-order chi connectivity index (χ1) is 23.4. The number of methoxy groups -OCH3 is 1. The van der Waals surface area contributed by atoms with Crippen molar-refractivity contribution in [3.63, 3.8) is 0 Å². The molecule has 0 aliphatic heterocycles. The summed E-state index contributed by atoms with van der Waals surface area (Å²) in [7, 11) is 0.631. The fraction of sp³-hybridized carbons (Fsp3) is 0.467. The molecule has 0 aliphatic rings. The second-order valence-electron chi connectivity index (χ2n) is 19.8. The molecule has 0 aliphatic carbocycles. The van der Waals surface area contributed by atoms with E-state index in [2.05, 4.69) is 172 Å². The van der Waals surface area contributed by atoms with Crippen molar-refractivity contribution in [2.75, 3.05) is 7.11 Å². The normalized spacial score (nSPS) is 11.2. The van der Waals surface area contributed by atoms with Crippen molar-refractivity contribution in [3.8, 4) is 35.4 Å². The van der Waals surface area contributed by atoms with Crippen LogP contribution in [0.2, 0.25) is 93.7 Å². The number of hydrogen-bond acceptors (Lipinski definition) is 1. The van der Waals surface area contributed by atoms with Crippen molar-refractivity contribution in [1.82, 2.24) is 0 Å². The van der Waals surface area contributed by atoms with E-state index in [9.17, 15) is 0 Å². The zero-order chi connectivity index (χ0) is 40.9. The molecule has 7 heteroatoms. The predicted molar refractivity (Wildman–Crippen MR) is 257 cm³/mol. The quantitative estimate of drug-likeness (QED) is 0.183. The summed E-state index contributed by atoms with van der Waals surface area (Å²) in [5.41, 5.74) is 7.57. The average molecular weight is 1250 g/mol. The summed E-state index contributed by atoms with van der Waals surface area (Å²) in [6, 6.07) is 29.5. The van der Waals surface area contributed by atoms with Crippen molar-refractivity contribution < 1.29 is 4.74 Å². The molecule has 0 amide bonds. The Morgan fingerprint density at radius 3 is 1.17 bits per heavy atom. The summed E-state index contributed by atoms with van der Waals surface area (Å²) >= 11 is -8.52. The van der Waals surface area contributed by atoms with Crippen LogP contribution in [0.1, 0.15) is 16.7 Å². The Morgan fingerprint density at radius 1 is 0.519 bits per heavy atom. The molecule has 0 spiro atoms. The zero-order valence-corrected chi connectivity index (χ0v) is 52.3. The number of ether oxygens (including phenoxy) is 1. The van der Waals surface area contributed by atoms with Crippen molar-refractivity contribution >= 4 is 100.0 Å². The van der Waals surface area contributed by atoms with Gasteiger partial charge in [0.05, 0.1) is 0 Å². The fourth-order valence-corrected chi connectivity index (χ4v) is 20.7. The first-order valence-electron chi connectivity index (χ1n) is 18.7. The molecular formula is C45H76OSiSn5. The summed E-state index contributed by atoms with van der Waals surface area (Å²) in [5.74, 6) is 4.18. The maximum absolute atomic E-state index is 5.15. The Labute approximate surface area is 346 Å². The van der Waals surface area contributed by atoms with Crippen LogP contribution < -0.4 is 4.74 Å². The molecule has 0 saturated carbocycles. The minimum atomic E-state index is -1.86. The molecule has 0 N–H and O–H groups in total. The van der Waals surface area contributed by atoms with Crippen LogP contribution >= 0.6 is 0 Å². The second-order valence-corrected chi connectivity index (χ2v) is 96.6. The van der Waals surface area contributed by atoms with Gasteiger partial charge in [-0.15, -0.1) is 0 Å². The average Bonchev–Trinajstić information content (AvgIpc) is 2.99. The van der Waals surface area contributed by atoms with Gasteiger partial charge in [0.1, 0.15) is 0 Å². The molecule has 0 heterocycles. The SMILES string of the molecule is C#[C][Sn]([CH3])([CH3])[CH3].COc1ccc([CH2][Sn]([CH3])([CH3])[CH3])cc1.C[Si](C)(C)C#[C][Sn]([CH3])([CH3])[CH3].[CH3][Sn]([CH3])([CH3])[CH2]c1ccccc1.[CH3][Sn]([CH3])([CH3])[C]#Cc1ccccc1. The summed E-state index contributed by atoms with van der Waals surface area (Å²) in [6.07, 6.45) is 5.15. The summed E-state index contributed by atoms with van der Waals surface area (Å²) in [4.78, 5) is 35.5. The summed E-state index contributed by atoms with van der Waals surface area (Å²) in [6.45, 7) is 6.91. The van der Waals surface area contributed by atoms with Gasteiger partial charge in [-0.25, -0.2) is 0 Å². The number of rotatable bonds is 5. The Balaban J connectivity index is 0. The van der Waals surface area contributed by atoms with Gasteiger partial charge in [-0.05, 0) is 0 Å². The number of terminal acetylenes is 1. The topological polar surface area (TPSA) is 9.23 Å². The standard InChI is InChI=1S/C8H9O.C8H5.C7H7.C5H9Si.C2H.15CH3.5Sn/c1-7-3-5-8(9-2)6-4-7;1-2-8-6-4-3-5-7-8;1-7-5-3-2-4-6-7;1-5-6(2,3)4;1-2;;;;;;;;;;;;;;;;;;;;/h3-6H,1H2,2H3;3-7H;2-6H,1H2;2-4H3;1H;15*1H3;;;;;. The first kappa shape index (κ1) is 54.5.